The molecule has 1 N–H and O–H groups in total. The highest BCUT2D eigenvalue weighted by molar-refractivity contribution is 6.43. The molecule has 0 unspecified atom stereocenters. The first-order valence-electron chi connectivity index (χ1n) is 5.19. The van der Waals surface area contributed by atoms with Crippen molar-refractivity contribution in [3.8, 4) is 0 Å². The molecular weight excluding hydrogens is 296 g/mol. The zero-order valence-corrected chi connectivity index (χ0v) is 11.5. The lowest BCUT2D eigenvalue weighted by molar-refractivity contribution is 0.626. The van der Waals surface area contributed by atoms with Gasteiger partial charge in [-0.2, -0.15) is 0 Å². The van der Waals surface area contributed by atoms with Crippen molar-refractivity contribution < 1.29 is 4.39 Å². The van der Waals surface area contributed by atoms with Crippen LogP contribution in [0.15, 0.2) is 36.4 Å². The van der Waals surface area contributed by atoms with Gasteiger partial charge in [0.2, 0.25) is 0 Å². The average Bonchev–Trinajstić information content (AvgIpc) is 2.30. The molecule has 0 saturated carbocycles. The zero-order valence-electron chi connectivity index (χ0n) is 9.18. The summed E-state index contributed by atoms with van der Waals surface area (Å²) in [4.78, 5) is 0. The van der Waals surface area contributed by atoms with Crippen molar-refractivity contribution in [2.75, 3.05) is 5.32 Å². The SMILES string of the molecule is Fc1cc(Cl)cc(CNc2cccc(Cl)c2Cl)c1. The molecule has 0 spiro atoms. The lowest BCUT2D eigenvalue weighted by Crippen LogP contribution is -2.00. The van der Waals surface area contributed by atoms with Gasteiger partial charge in [0.1, 0.15) is 5.82 Å². The fraction of sp³-hybridized carbons (Fsp3) is 0.0769. The van der Waals surface area contributed by atoms with Gasteiger partial charge in [-0.1, -0.05) is 40.9 Å². The van der Waals surface area contributed by atoms with Gasteiger partial charge in [0.15, 0.2) is 0 Å². The van der Waals surface area contributed by atoms with Crippen molar-refractivity contribution in [1.29, 1.82) is 0 Å². The van der Waals surface area contributed by atoms with Crippen molar-refractivity contribution in [2.45, 2.75) is 6.54 Å². The number of hydrogen-bond donors (Lipinski definition) is 1. The standard InChI is InChI=1S/C13H9Cl3FN/c14-9-4-8(5-10(17)6-9)7-18-12-3-1-2-11(15)13(12)16/h1-6,18H,7H2. The number of anilines is 1. The average molecular weight is 305 g/mol. The maximum absolute atomic E-state index is 13.1. The first-order valence-corrected chi connectivity index (χ1v) is 6.32. The third kappa shape index (κ3) is 3.29. The summed E-state index contributed by atoms with van der Waals surface area (Å²) in [5.41, 5.74) is 1.43. The Labute approximate surface area is 119 Å². The summed E-state index contributed by atoms with van der Waals surface area (Å²) < 4.78 is 13.1. The number of hydrogen-bond acceptors (Lipinski definition) is 1. The van der Waals surface area contributed by atoms with Crippen LogP contribution in [0.5, 0.6) is 0 Å². The molecule has 0 fully saturated rings. The summed E-state index contributed by atoms with van der Waals surface area (Å²) in [6.07, 6.45) is 0. The van der Waals surface area contributed by atoms with Gasteiger partial charge in [0, 0.05) is 11.6 Å². The third-order valence-corrected chi connectivity index (χ3v) is 3.39. The van der Waals surface area contributed by atoms with Crippen LogP contribution < -0.4 is 5.32 Å². The highest BCUT2D eigenvalue weighted by Gasteiger charge is 2.04. The molecular formula is C13H9Cl3FN. The lowest BCUT2D eigenvalue weighted by Gasteiger charge is -2.09. The minimum absolute atomic E-state index is 0.364. The Hall–Kier alpha value is -0.960. The second-order valence-corrected chi connectivity index (χ2v) is 4.95. The van der Waals surface area contributed by atoms with Gasteiger partial charge in [0.05, 0.1) is 15.7 Å². The predicted molar refractivity (Wildman–Crippen MR) is 75.2 cm³/mol. The van der Waals surface area contributed by atoms with Crippen LogP contribution in [0.3, 0.4) is 0 Å². The lowest BCUT2D eigenvalue weighted by atomic mass is 10.2. The molecule has 0 aliphatic heterocycles. The van der Waals surface area contributed by atoms with E-state index in [1.807, 2.05) is 0 Å². The van der Waals surface area contributed by atoms with Crippen molar-refractivity contribution in [1.82, 2.24) is 0 Å². The van der Waals surface area contributed by atoms with Crippen molar-refractivity contribution in [2.24, 2.45) is 0 Å². The van der Waals surface area contributed by atoms with Crippen LogP contribution in [0.4, 0.5) is 10.1 Å². The maximum atomic E-state index is 13.1. The molecule has 2 rings (SSSR count). The van der Waals surface area contributed by atoms with Gasteiger partial charge in [-0.3, -0.25) is 0 Å². The Morgan fingerprint density at radius 2 is 1.83 bits per heavy atom. The Kier molecular flexibility index (Phi) is 4.33. The topological polar surface area (TPSA) is 12.0 Å². The minimum atomic E-state index is -0.364. The molecule has 18 heavy (non-hydrogen) atoms. The normalized spacial score (nSPS) is 10.4. The molecule has 5 heteroatoms. The second-order valence-electron chi connectivity index (χ2n) is 3.73. The Balaban J connectivity index is 2.14. The van der Waals surface area contributed by atoms with Gasteiger partial charge < -0.3 is 5.32 Å². The molecule has 0 saturated heterocycles. The Morgan fingerprint density at radius 1 is 1.06 bits per heavy atom. The number of halogens is 4. The Morgan fingerprint density at radius 3 is 2.56 bits per heavy atom. The summed E-state index contributed by atoms with van der Waals surface area (Å²) in [5, 5.41) is 4.36. The van der Waals surface area contributed by atoms with Gasteiger partial charge in [-0.15, -0.1) is 0 Å². The minimum Gasteiger partial charge on any atom is -0.380 e. The second kappa shape index (κ2) is 5.79. The molecule has 0 aliphatic rings. The summed E-state index contributed by atoms with van der Waals surface area (Å²) >= 11 is 17.7. The van der Waals surface area contributed by atoms with Crippen LogP contribution in [0.2, 0.25) is 15.1 Å². The van der Waals surface area contributed by atoms with Gasteiger partial charge in [0.25, 0.3) is 0 Å². The van der Waals surface area contributed by atoms with Crippen LogP contribution >= 0.6 is 34.8 Å². The highest BCUT2D eigenvalue weighted by Crippen LogP contribution is 2.29. The van der Waals surface area contributed by atoms with Crippen molar-refractivity contribution in [3.63, 3.8) is 0 Å². The van der Waals surface area contributed by atoms with E-state index in [9.17, 15) is 4.39 Å². The highest BCUT2D eigenvalue weighted by atomic mass is 35.5. The van der Waals surface area contributed by atoms with E-state index < -0.39 is 0 Å². The molecule has 1 nitrogen and oxygen atoms in total. The summed E-state index contributed by atoms with van der Waals surface area (Å²) in [6.45, 7) is 0.414. The van der Waals surface area contributed by atoms with E-state index in [4.69, 9.17) is 34.8 Å². The monoisotopic (exact) mass is 303 g/mol. The molecule has 2 aromatic rings. The van der Waals surface area contributed by atoms with Crippen LogP contribution in [0.25, 0.3) is 0 Å². The first-order chi connectivity index (χ1) is 8.56. The number of benzene rings is 2. The molecule has 0 aromatic heterocycles. The molecule has 0 amide bonds. The quantitative estimate of drug-likeness (QED) is 0.800. The molecule has 0 bridgehead atoms. The van der Waals surface area contributed by atoms with E-state index >= 15 is 0 Å². The molecule has 0 heterocycles. The van der Waals surface area contributed by atoms with Crippen LogP contribution in [0.1, 0.15) is 5.56 Å². The van der Waals surface area contributed by atoms with E-state index in [1.165, 1.54) is 12.1 Å². The van der Waals surface area contributed by atoms with Crippen molar-refractivity contribution in [3.05, 3.63) is 62.8 Å². The first kappa shape index (κ1) is 13.5. The van der Waals surface area contributed by atoms with Crippen LogP contribution in [0, 0.1) is 5.82 Å². The Bertz CT molecular complexity index is 552. The largest absolute Gasteiger partial charge is 0.380 e. The summed E-state index contributed by atoms with van der Waals surface area (Å²) in [7, 11) is 0. The predicted octanol–water partition coefficient (Wildman–Crippen LogP) is 5.40. The molecule has 94 valence electrons. The van der Waals surface area contributed by atoms with Gasteiger partial charge in [-0.05, 0) is 35.9 Å². The van der Waals surface area contributed by atoms with E-state index in [1.54, 1.807) is 24.3 Å². The van der Waals surface area contributed by atoms with Crippen LogP contribution in [-0.4, -0.2) is 0 Å². The van der Waals surface area contributed by atoms with E-state index in [2.05, 4.69) is 5.32 Å². The third-order valence-electron chi connectivity index (χ3n) is 2.36. The number of rotatable bonds is 3. The fourth-order valence-corrected chi connectivity index (χ4v) is 2.16. The zero-order chi connectivity index (χ0) is 13.1. The van der Waals surface area contributed by atoms with Gasteiger partial charge >= 0.3 is 0 Å². The molecule has 0 radical (unpaired) electrons. The molecule has 0 aliphatic carbocycles. The van der Waals surface area contributed by atoms with E-state index in [-0.39, 0.29) is 5.82 Å². The fourth-order valence-electron chi connectivity index (χ4n) is 1.55. The van der Waals surface area contributed by atoms with Crippen molar-refractivity contribution >= 4 is 40.5 Å². The number of nitrogens with one attached hydrogen (secondary N) is 1. The summed E-state index contributed by atoms with van der Waals surface area (Å²) in [6, 6.07) is 9.66. The smallest absolute Gasteiger partial charge is 0.125 e. The molecule has 2 aromatic carbocycles. The molecule has 0 atom stereocenters. The van der Waals surface area contributed by atoms with E-state index in [0.717, 1.165) is 5.56 Å². The van der Waals surface area contributed by atoms with E-state index in [0.29, 0.717) is 27.3 Å². The van der Waals surface area contributed by atoms with Gasteiger partial charge in [-0.25, -0.2) is 4.39 Å². The van der Waals surface area contributed by atoms with Crippen LogP contribution in [-0.2, 0) is 6.54 Å². The maximum Gasteiger partial charge on any atom is 0.125 e. The summed E-state index contributed by atoms with van der Waals surface area (Å²) in [5.74, 6) is -0.364.